The minimum atomic E-state index is 0.118. The van der Waals surface area contributed by atoms with Crippen molar-refractivity contribution in [3.8, 4) is 0 Å². The van der Waals surface area contributed by atoms with E-state index in [-0.39, 0.29) is 12.1 Å². The molecule has 0 spiro atoms. The first-order valence-corrected chi connectivity index (χ1v) is 7.98. The monoisotopic (exact) mass is 290 g/mol. The Morgan fingerprint density at radius 3 is 2.73 bits per heavy atom. The minimum Gasteiger partial charge on any atom is -0.284 e. The lowest BCUT2D eigenvalue weighted by Gasteiger charge is -2.21. The Labute approximate surface area is 132 Å². The average Bonchev–Trinajstić information content (AvgIpc) is 2.62. The summed E-state index contributed by atoms with van der Waals surface area (Å²) in [6.45, 7) is 2.11. The highest BCUT2D eigenvalue weighted by Gasteiger charge is 2.18. The summed E-state index contributed by atoms with van der Waals surface area (Å²) in [6, 6.07) is 10.9. The molecule has 1 aliphatic heterocycles. The van der Waals surface area contributed by atoms with E-state index < -0.39 is 0 Å². The third-order valence-electron chi connectivity index (χ3n) is 4.18. The summed E-state index contributed by atoms with van der Waals surface area (Å²) in [5, 5.41) is 0. The molecule has 1 aliphatic carbocycles. The molecule has 0 N–H and O–H groups in total. The molecule has 0 radical (unpaired) electrons. The van der Waals surface area contributed by atoms with E-state index in [1.807, 2.05) is 12.3 Å². The van der Waals surface area contributed by atoms with E-state index in [9.17, 15) is 0 Å². The lowest BCUT2D eigenvalue weighted by molar-refractivity contribution is 0.756. The number of rotatable bonds is 4. The van der Waals surface area contributed by atoms with Crippen molar-refractivity contribution in [3.63, 3.8) is 0 Å². The topological polar surface area (TPSA) is 24.7 Å². The van der Waals surface area contributed by atoms with Crippen LogP contribution in [0, 0.1) is 0 Å². The van der Waals surface area contributed by atoms with E-state index in [1.54, 1.807) is 0 Å². The molecule has 1 heterocycles. The van der Waals surface area contributed by atoms with Crippen LogP contribution in [-0.4, -0.2) is 18.0 Å². The van der Waals surface area contributed by atoms with Crippen LogP contribution in [0.2, 0.25) is 0 Å². The first kappa shape index (κ1) is 14.7. The highest BCUT2D eigenvalue weighted by molar-refractivity contribution is 5.90. The number of dihydropyridines is 1. The molecule has 0 saturated carbocycles. The van der Waals surface area contributed by atoms with Crippen molar-refractivity contribution < 1.29 is 0 Å². The van der Waals surface area contributed by atoms with E-state index in [0.717, 1.165) is 25.0 Å². The molecule has 0 bridgehead atoms. The van der Waals surface area contributed by atoms with E-state index in [1.165, 1.54) is 11.1 Å². The summed E-state index contributed by atoms with van der Waals surface area (Å²) < 4.78 is 0. The number of aliphatic imine (C=N–C) groups is 2. The van der Waals surface area contributed by atoms with Crippen LogP contribution in [0.4, 0.5) is 0 Å². The van der Waals surface area contributed by atoms with Gasteiger partial charge in [-0.2, -0.15) is 0 Å². The van der Waals surface area contributed by atoms with Crippen molar-refractivity contribution in [2.24, 2.45) is 9.98 Å². The molecule has 0 amide bonds. The minimum absolute atomic E-state index is 0.118. The fourth-order valence-electron chi connectivity index (χ4n) is 2.91. The quantitative estimate of drug-likeness (QED) is 0.707. The van der Waals surface area contributed by atoms with E-state index in [0.29, 0.717) is 0 Å². The molecule has 0 fully saturated rings. The van der Waals surface area contributed by atoms with Crippen LogP contribution in [0.1, 0.15) is 37.8 Å². The predicted molar refractivity (Wildman–Crippen MR) is 94.8 cm³/mol. The summed E-state index contributed by atoms with van der Waals surface area (Å²) in [5.74, 6) is 0. The van der Waals surface area contributed by atoms with Gasteiger partial charge < -0.3 is 0 Å². The second-order valence-electron chi connectivity index (χ2n) is 5.77. The van der Waals surface area contributed by atoms with Gasteiger partial charge >= 0.3 is 0 Å². The second-order valence-corrected chi connectivity index (χ2v) is 5.77. The molecule has 112 valence electrons. The van der Waals surface area contributed by atoms with Gasteiger partial charge in [-0.3, -0.25) is 9.98 Å². The van der Waals surface area contributed by atoms with Gasteiger partial charge in [0.1, 0.15) is 0 Å². The lowest BCUT2D eigenvalue weighted by atomic mass is 9.92. The zero-order valence-corrected chi connectivity index (χ0v) is 13.0. The maximum atomic E-state index is 5.06. The molecule has 2 nitrogen and oxygen atoms in total. The number of allylic oxidation sites excluding steroid dienone is 4. The predicted octanol–water partition coefficient (Wildman–Crippen LogP) is 4.86. The molecule has 2 atom stereocenters. The Balaban J connectivity index is 1.91. The van der Waals surface area contributed by atoms with Gasteiger partial charge in [0.15, 0.2) is 0 Å². The van der Waals surface area contributed by atoms with Crippen molar-refractivity contribution in [2.75, 3.05) is 0 Å². The fourth-order valence-corrected chi connectivity index (χ4v) is 2.91. The van der Waals surface area contributed by atoms with Gasteiger partial charge in [0.2, 0.25) is 0 Å². The summed E-state index contributed by atoms with van der Waals surface area (Å²) in [4.78, 5) is 9.61. The van der Waals surface area contributed by atoms with Gasteiger partial charge in [-0.1, -0.05) is 54.6 Å². The van der Waals surface area contributed by atoms with Crippen LogP contribution in [0.5, 0.6) is 0 Å². The number of benzene rings is 1. The lowest BCUT2D eigenvalue weighted by Crippen LogP contribution is -2.18. The van der Waals surface area contributed by atoms with Gasteiger partial charge in [0, 0.05) is 11.9 Å². The molecular formula is C20H22N2. The van der Waals surface area contributed by atoms with Crippen molar-refractivity contribution in [3.05, 3.63) is 71.8 Å². The highest BCUT2D eigenvalue weighted by Crippen LogP contribution is 2.31. The molecule has 2 unspecified atom stereocenters. The normalized spacial score (nSPS) is 22.5. The van der Waals surface area contributed by atoms with Crippen molar-refractivity contribution in [1.82, 2.24) is 0 Å². The summed E-state index contributed by atoms with van der Waals surface area (Å²) in [7, 11) is 0. The number of hydrogen-bond acceptors (Lipinski definition) is 2. The molecule has 0 aromatic heterocycles. The largest absolute Gasteiger partial charge is 0.284 e. The molecule has 2 aliphatic rings. The van der Waals surface area contributed by atoms with Crippen LogP contribution in [0.15, 0.2) is 76.3 Å². The zero-order valence-electron chi connectivity index (χ0n) is 13.0. The van der Waals surface area contributed by atoms with Gasteiger partial charge in [-0.15, -0.1) is 0 Å². The van der Waals surface area contributed by atoms with Gasteiger partial charge in [-0.25, -0.2) is 0 Å². The fraction of sp³-hybridized carbons (Fsp3) is 0.300. The third-order valence-corrected chi connectivity index (χ3v) is 4.18. The van der Waals surface area contributed by atoms with Gasteiger partial charge in [0.25, 0.3) is 0 Å². The number of hydrogen-bond donors (Lipinski definition) is 0. The Hall–Kier alpha value is -2.22. The van der Waals surface area contributed by atoms with Crippen LogP contribution in [0.3, 0.4) is 0 Å². The van der Waals surface area contributed by atoms with Crippen molar-refractivity contribution in [2.45, 2.75) is 38.3 Å². The van der Waals surface area contributed by atoms with Crippen LogP contribution >= 0.6 is 0 Å². The van der Waals surface area contributed by atoms with Crippen molar-refractivity contribution >= 4 is 11.9 Å². The van der Waals surface area contributed by atoms with Gasteiger partial charge in [-0.05, 0) is 43.4 Å². The van der Waals surface area contributed by atoms with E-state index in [4.69, 9.17) is 4.99 Å². The van der Waals surface area contributed by atoms with Crippen molar-refractivity contribution in [1.29, 1.82) is 0 Å². The molecule has 22 heavy (non-hydrogen) atoms. The molecular weight excluding hydrogens is 268 g/mol. The van der Waals surface area contributed by atoms with Crippen LogP contribution in [0.25, 0.3) is 0 Å². The highest BCUT2D eigenvalue weighted by atomic mass is 14.9. The Morgan fingerprint density at radius 2 is 2.05 bits per heavy atom. The van der Waals surface area contributed by atoms with E-state index in [2.05, 4.69) is 66.6 Å². The summed E-state index contributed by atoms with van der Waals surface area (Å²) in [6.07, 6.45) is 15.8. The molecule has 1 aromatic carbocycles. The summed E-state index contributed by atoms with van der Waals surface area (Å²) in [5.41, 5.74) is 3.77. The Morgan fingerprint density at radius 1 is 1.18 bits per heavy atom. The summed E-state index contributed by atoms with van der Waals surface area (Å²) >= 11 is 0. The Bertz CT molecular complexity index is 648. The third kappa shape index (κ3) is 3.51. The zero-order chi connectivity index (χ0) is 15.2. The number of nitrogens with zero attached hydrogens (tertiary/aromatic N) is 2. The van der Waals surface area contributed by atoms with Crippen LogP contribution < -0.4 is 0 Å². The molecule has 1 aromatic rings. The SMILES string of the molecule is CC(=NC(C1=CC=CCC1)c1ccccc1)C1CC=CC=N1. The second kappa shape index (κ2) is 7.17. The average molecular weight is 290 g/mol. The van der Waals surface area contributed by atoms with E-state index >= 15 is 0 Å². The first-order valence-electron chi connectivity index (χ1n) is 7.98. The van der Waals surface area contributed by atoms with Crippen LogP contribution in [-0.2, 0) is 0 Å². The molecule has 3 rings (SSSR count). The Kier molecular flexibility index (Phi) is 4.79. The maximum absolute atomic E-state index is 5.06. The smallest absolute Gasteiger partial charge is 0.0962 e. The first-order chi connectivity index (χ1) is 10.8. The standard InChI is InChI=1S/C20H22N2/c1-16(19-14-8-9-15-21-19)22-20(17-10-4-2-5-11-17)18-12-6-3-7-13-18/h2-6,8-12,15,19-20H,7,13-14H2,1H3. The maximum Gasteiger partial charge on any atom is 0.0962 e. The molecule has 2 heteroatoms. The van der Waals surface area contributed by atoms with Gasteiger partial charge in [0.05, 0.1) is 12.1 Å². The molecule has 0 saturated heterocycles.